The fourth-order valence-corrected chi connectivity index (χ4v) is 9.22. The quantitative estimate of drug-likeness (QED) is 0.0754. The van der Waals surface area contributed by atoms with Gasteiger partial charge in [0.15, 0.2) is 0 Å². The van der Waals surface area contributed by atoms with E-state index in [1.807, 2.05) is 135 Å². The largest absolute Gasteiger partial charge is 0.530 e. The van der Waals surface area contributed by atoms with Crippen molar-refractivity contribution in [2.45, 2.75) is 13.8 Å². The van der Waals surface area contributed by atoms with Gasteiger partial charge in [0, 0.05) is 11.1 Å². The Bertz CT molecular complexity index is 2750. The third-order valence-corrected chi connectivity index (χ3v) is 12.6. The Hall–Kier alpha value is -7.62. The lowest BCUT2D eigenvalue weighted by Crippen LogP contribution is -2.05. The van der Waals surface area contributed by atoms with E-state index in [-0.39, 0.29) is 0 Å². The van der Waals surface area contributed by atoms with Crippen LogP contribution in [0.25, 0.3) is 69.1 Å². The number of hydrogen-bond donors (Lipinski definition) is 0. The molecule has 0 saturated carbocycles. The summed E-state index contributed by atoms with van der Waals surface area (Å²) < 4.78 is 40.4. The molecule has 8 heteroatoms. The predicted octanol–water partition coefficient (Wildman–Crippen LogP) is 17.8. The first-order valence-corrected chi connectivity index (χ1v) is 23.5. The van der Waals surface area contributed by atoms with Crippen LogP contribution in [-0.2, 0) is 0 Å². The van der Waals surface area contributed by atoms with E-state index in [1.54, 1.807) is 24.3 Å². The Balaban J connectivity index is 1.32. The van der Waals surface area contributed by atoms with Gasteiger partial charge in [-0.15, -0.1) is 0 Å². The molecule has 326 valence electrons. The van der Waals surface area contributed by atoms with Crippen LogP contribution in [0.3, 0.4) is 0 Å². The van der Waals surface area contributed by atoms with Crippen molar-refractivity contribution in [2.75, 3.05) is 0 Å². The molecule has 0 aromatic heterocycles. The van der Waals surface area contributed by atoms with Gasteiger partial charge in [0.2, 0.25) is 0 Å². The Labute approximate surface area is 389 Å². The van der Waals surface area contributed by atoms with Crippen molar-refractivity contribution >= 4 is 75.2 Å². The predicted molar refractivity (Wildman–Crippen MR) is 280 cm³/mol. The van der Waals surface area contributed by atoms with Crippen molar-refractivity contribution in [1.29, 1.82) is 0 Å². The molecule has 6 nitrogen and oxygen atoms in total. The Kier molecular flexibility index (Phi) is 14.6. The molecule has 0 radical (unpaired) electrons. The summed E-state index contributed by atoms with van der Waals surface area (Å²) >= 11 is 0. The minimum atomic E-state index is -2.12. The maximum absolute atomic E-state index is 7.04. The Morgan fingerprint density at radius 1 is 0.333 bits per heavy atom. The highest BCUT2D eigenvalue weighted by molar-refractivity contribution is 7.43. The van der Waals surface area contributed by atoms with Gasteiger partial charge in [-0.2, -0.15) is 0 Å². The van der Waals surface area contributed by atoms with Gasteiger partial charge in [-0.05, 0) is 142 Å². The van der Waals surface area contributed by atoms with E-state index in [1.165, 1.54) is 0 Å². The summed E-state index contributed by atoms with van der Waals surface area (Å²) in [6.07, 6.45) is 15.4. The molecule has 8 rings (SSSR count). The van der Waals surface area contributed by atoms with Gasteiger partial charge in [-0.1, -0.05) is 160 Å². The fourth-order valence-electron chi connectivity index (χ4n) is 7.19. The van der Waals surface area contributed by atoms with Crippen molar-refractivity contribution in [3.63, 3.8) is 0 Å². The van der Waals surface area contributed by atoms with Crippen LogP contribution in [0.1, 0.15) is 47.2 Å². The zero-order valence-electron chi connectivity index (χ0n) is 36.8. The molecule has 66 heavy (non-hydrogen) atoms. The second kappa shape index (κ2) is 21.4. The maximum Gasteiger partial charge on any atom is 0.530 e. The van der Waals surface area contributed by atoms with Crippen LogP contribution in [0.4, 0.5) is 0 Å². The zero-order chi connectivity index (χ0) is 45.8. The number of hydrogen-bond acceptors (Lipinski definition) is 6. The van der Waals surface area contributed by atoms with Crippen molar-refractivity contribution in [3.05, 3.63) is 230 Å². The first-order valence-electron chi connectivity index (χ1n) is 21.3. The second-order valence-electron chi connectivity index (χ2n) is 14.9. The first kappa shape index (κ1) is 45.0. The maximum atomic E-state index is 7.04. The van der Waals surface area contributed by atoms with Gasteiger partial charge in [-0.25, -0.2) is 0 Å². The molecule has 0 saturated heterocycles. The van der Waals surface area contributed by atoms with E-state index in [4.69, 9.17) is 27.1 Å². The molecule has 0 amide bonds. The van der Waals surface area contributed by atoms with Gasteiger partial charge in [0.25, 0.3) is 0 Å². The van der Waals surface area contributed by atoms with Gasteiger partial charge < -0.3 is 27.1 Å². The third kappa shape index (κ3) is 10.8. The standard InChI is InChI=1S/C58H48O6P2/c1-7-13-45-23-35-53-47(39-45)25-37-55(63-65(59-49-27-15-41(9-3)16-28-49)60-50-29-17-42(10-4)18-30-50)57(53)58-54-36-24-46(14-8-2)40-48(54)26-38-56(58)64-66(61-51-31-19-43(11-5)20-32-51)62-52-33-21-44(12-6)22-34-52/h7-40H,3-6H2,1-2H3/b13-7-,14-8-. The normalized spacial score (nSPS) is 11.3. The molecule has 0 bridgehead atoms. The summed E-state index contributed by atoms with van der Waals surface area (Å²) in [4.78, 5) is 0. The average molecular weight is 903 g/mol. The van der Waals surface area contributed by atoms with E-state index < -0.39 is 17.2 Å². The molecular formula is C58H48O6P2. The minimum absolute atomic E-state index is 0.513. The van der Waals surface area contributed by atoms with Crippen LogP contribution < -0.4 is 27.1 Å². The van der Waals surface area contributed by atoms with Gasteiger partial charge >= 0.3 is 17.2 Å². The summed E-state index contributed by atoms with van der Waals surface area (Å²) in [7, 11) is -4.24. The monoisotopic (exact) mass is 902 g/mol. The van der Waals surface area contributed by atoms with Crippen LogP contribution in [0.2, 0.25) is 0 Å². The molecule has 0 atom stereocenters. The van der Waals surface area contributed by atoms with Crippen LogP contribution in [0, 0.1) is 0 Å². The molecule has 0 aliphatic rings. The molecule has 0 N–H and O–H groups in total. The fraction of sp³-hybridized carbons (Fsp3) is 0.0345. The Morgan fingerprint density at radius 3 is 0.894 bits per heavy atom. The molecule has 0 unspecified atom stereocenters. The van der Waals surface area contributed by atoms with E-state index >= 15 is 0 Å². The van der Waals surface area contributed by atoms with E-state index in [2.05, 4.69) is 87.0 Å². The van der Waals surface area contributed by atoms with Crippen molar-refractivity contribution < 1.29 is 27.1 Å². The lowest BCUT2D eigenvalue weighted by atomic mass is 9.91. The lowest BCUT2D eigenvalue weighted by molar-refractivity contribution is 0.386. The zero-order valence-corrected chi connectivity index (χ0v) is 38.6. The topological polar surface area (TPSA) is 55.4 Å². The molecule has 0 heterocycles. The van der Waals surface area contributed by atoms with E-state index in [9.17, 15) is 0 Å². The highest BCUT2D eigenvalue weighted by Crippen LogP contribution is 2.53. The van der Waals surface area contributed by atoms with E-state index in [0.717, 1.165) is 66.1 Å². The van der Waals surface area contributed by atoms with Crippen molar-refractivity contribution in [1.82, 2.24) is 0 Å². The number of allylic oxidation sites excluding steroid dienone is 2. The summed E-state index contributed by atoms with van der Waals surface area (Å²) in [6.45, 7) is 19.7. The third-order valence-electron chi connectivity index (χ3n) is 10.5. The molecule has 0 aliphatic heterocycles. The summed E-state index contributed by atoms with van der Waals surface area (Å²) in [5.41, 5.74) is 7.48. The van der Waals surface area contributed by atoms with Crippen LogP contribution in [0.15, 0.2) is 196 Å². The van der Waals surface area contributed by atoms with Gasteiger partial charge in [0.05, 0.1) is 0 Å². The van der Waals surface area contributed by atoms with Gasteiger partial charge in [0.1, 0.15) is 34.5 Å². The van der Waals surface area contributed by atoms with Crippen LogP contribution in [0.5, 0.6) is 34.5 Å². The molecule has 0 spiro atoms. The molecule has 8 aromatic rings. The highest BCUT2D eigenvalue weighted by atomic mass is 31.2. The minimum Gasteiger partial charge on any atom is -0.409 e. The number of benzene rings is 8. The highest BCUT2D eigenvalue weighted by Gasteiger charge is 2.28. The second-order valence-corrected chi connectivity index (χ2v) is 16.9. The summed E-state index contributed by atoms with van der Waals surface area (Å²) in [5, 5.41) is 3.82. The van der Waals surface area contributed by atoms with Gasteiger partial charge in [-0.3, -0.25) is 0 Å². The lowest BCUT2D eigenvalue weighted by Gasteiger charge is -2.24. The smallest absolute Gasteiger partial charge is 0.409 e. The average Bonchev–Trinajstić information content (AvgIpc) is 3.35. The van der Waals surface area contributed by atoms with Crippen LogP contribution in [-0.4, -0.2) is 0 Å². The molecular weight excluding hydrogens is 855 g/mol. The van der Waals surface area contributed by atoms with E-state index in [0.29, 0.717) is 34.5 Å². The van der Waals surface area contributed by atoms with Crippen molar-refractivity contribution in [2.24, 2.45) is 0 Å². The summed E-state index contributed by atoms with van der Waals surface area (Å²) in [6, 6.07) is 51.3. The van der Waals surface area contributed by atoms with Crippen molar-refractivity contribution in [3.8, 4) is 45.6 Å². The number of rotatable bonds is 19. The molecule has 0 aliphatic carbocycles. The SMILES string of the molecule is C=Cc1ccc(OP(Oc2ccc(C=C)cc2)Oc2ccc3cc(/C=C\C)ccc3c2-c2c(OP(Oc3ccc(C=C)cc3)Oc3ccc(C=C)cc3)ccc3cc(/C=C\C)ccc23)cc1. The first-order chi connectivity index (χ1) is 32.4. The van der Waals surface area contributed by atoms with Crippen LogP contribution >= 0.6 is 17.2 Å². The summed E-state index contributed by atoms with van der Waals surface area (Å²) in [5.74, 6) is 3.31. The molecule has 8 aromatic carbocycles. The number of fused-ring (bicyclic) bond motifs is 2. The Morgan fingerprint density at radius 2 is 0.621 bits per heavy atom. The molecule has 0 fully saturated rings.